The van der Waals surface area contributed by atoms with Gasteiger partial charge in [0.15, 0.2) is 5.96 Å². The van der Waals surface area contributed by atoms with Crippen LogP contribution >= 0.6 is 24.0 Å². The fourth-order valence-electron chi connectivity index (χ4n) is 2.52. The second kappa shape index (κ2) is 13.9. The van der Waals surface area contributed by atoms with Gasteiger partial charge in [-0.05, 0) is 36.2 Å². The fourth-order valence-corrected chi connectivity index (χ4v) is 2.52. The smallest absolute Gasteiger partial charge is 0.251 e. The second-order valence-corrected chi connectivity index (χ2v) is 6.23. The number of hydrogen-bond acceptors (Lipinski definition) is 3. The highest BCUT2D eigenvalue weighted by atomic mass is 127. The maximum absolute atomic E-state index is 12.0. The van der Waals surface area contributed by atoms with E-state index in [1.165, 1.54) is 0 Å². The molecule has 0 spiro atoms. The molecule has 3 N–H and O–H groups in total. The molecule has 0 saturated carbocycles. The Morgan fingerprint density at radius 3 is 2.46 bits per heavy atom. The predicted octanol–water partition coefficient (Wildman–Crippen LogP) is 3.14. The van der Waals surface area contributed by atoms with Gasteiger partial charge in [0.2, 0.25) is 0 Å². The quantitative estimate of drug-likeness (QED) is 0.216. The maximum atomic E-state index is 12.0. The summed E-state index contributed by atoms with van der Waals surface area (Å²) in [6.07, 6.45) is 4.71. The number of halogens is 1. The van der Waals surface area contributed by atoms with Gasteiger partial charge in [0.1, 0.15) is 0 Å². The summed E-state index contributed by atoms with van der Waals surface area (Å²) in [6, 6.07) is 13.6. The number of aromatic nitrogens is 1. The number of benzene rings is 1. The van der Waals surface area contributed by atoms with Crippen LogP contribution in [-0.2, 0) is 13.0 Å². The van der Waals surface area contributed by atoms with Crippen molar-refractivity contribution >= 4 is 35.8 Å². The first kappa shape index (κ1) is 23.9. The summed E-state index contributed by atoms with van der Waals surface area (Å²) >= 11 is 0. The maximum Gasteiger partial charge on any atom is 0.251 e. The minimum atomic E-state index is -0.0186. The van der Waals surface area contributed by atoms with Gasteiger partial charge in [-0.1, -0.05) is 31.5 Å². The highest BCUT2D eigenvalue weighted by molar-refractivity contribution is 14.0. The predicted molar refractivity (Wildman–Crippen MR) is 125 cm³/mol. The second-order valence-electron chi connectivity index (χ2n) is 6.23. The van der Waals surface area contributed by atoms with Gasteiger partial charge in [0, 0.05) is 50.6 Å². The molecule has 1 aromatic carbocycles. The molecule has 0 saturated heterocycles. The van der Waals surface area contributed by atoms with Gasteiger partial charge >= 0.3 is 0 Å². The summed E-state index contributed by atoms with van der Waals surface area (Å²) < 4.78 is 0. The molecule has 0 atom stereocenters. The van der Waals surface area contributed by atoms with Crippen LogP contribution in [0, 0.1) is 0 Å². The lowest BCUT2D eigenvalue weighted by molar-refractivity contribution is 0.0953. The molecule has 152 valence electrons. The Balaban J connectivity index is 0.00000392. The molecule has 0 aliphatic rings. The average molecular weight is 495 g/mol. The van der Waals surface area contributed by atoms with Crippen molar-refractivity contribution in [2.45, 2.75) is 32.7 Å². The van der Waals surface area contributed by atoms with E-state index in [4.69, 9.17) is 0 Å². The highest BCUT2D eigenvalue weighted by Gasteiger charge is 2.05. The average Bonchev–Trinajstić information content (AvgIpc) is 2.72. The van der Waals surface area contributed by atoms with Crippen molar-refractivity contribution in [3.63, 3.8) is 0 Å². The van der Waals surface area contributed by atoms with E-state index in [0.717, 1.165) is 49.6 Å². The first-order valence-corrected chi connectivity index (χ1v) is 9.44. The molecule has 0 aliphatic heterocycles. The third kappa shape index (κ3) is 8.69. The van der Waals surface area contributed by atoms with E-state index in [2.05, 4.69) is 32.9 Å². The Bertz CT molecular complexity index is 719. The Morgan fingerprint density at radius 1 is 1.04 bits per heavy atom. The lowest BCUT2D eigenvalue weighted by atomic mass is 10.1. The number of unbranched alkanes of at least 4 members (excludes halogenated alkanes) is 1. The molecule has 28 heavy (non-hydrogen) atoms. The molecular formula is C21H30IN5O. The van der Waals surface area contributed by atoms with Crippen LogP contribution < -0.4 is 16.0 Å². The standard InChI is InChI=1S/C21H29N5O.HI/c1-3-4-13-24-20(27)18-10-8-17(9-11-18)16-26-21(22-2)25-15-12-19-7-5-6-14-23-19;/h5-11,14H,3-4,12-13,15-16H2,1-2H3,(H,24,27)(H2,22,25,26);1H. The molecular weight excluding hydrogens is 465 g/mol. The van der Waals surface area contributed by atoms with Crippen LogP contribution in [0.15, 0.2) is 53.7 Å². The Hall–Kier alpha value is -2.16. The summed E-state index contributed by atoms with van der Waals surface area (Å²) in [5.41, 5.74) is 2.83. The number of hydrogen-bond donors (Lipinski definition) is 3. The Labute approximate surface area is 184 Å². The van der Waals surface area contributed by atoms with Crippen LogP contribution in [0.5, 0.6) is 0 Å². The lowest BCUT2D eigenvalue weighted by Crippen LogP contribution is -2.37. The van der Waals surface area contributed by atoms with Crippen molar-refractivity contribution < 1.29 is 4.79 Å². The third-order valence-electron chi connectivity index (χ3n) is 4.12. The van der Waals surface area contributed by atoms with E-state index in [-0.39, 0.29) is 29.9 Å². The minimum absolute atomic E-state index is 0. The van der Waals surface area contributed by atoms with Crippen molar-refractivity contribution in [1.29, 1.82) is 0 Å². The van der Waals surface area contributed by atoms with Crippen LogP contribution in [-0.4, -0.2) is 37.0 Å². The van der Waals surface area contributed by atoms with Crippen LogP contribution in [0.25, 0.3) is 0 Å². The number of rotatable bonds is 9. The summed E-state index contributed by atoms with van der Waals surface area (Å²) in [6.45, 7) is 4.23. The number of carbonyl (C=O) groups is 1. The molecule has 0 unspecified atom stereocenters. The van der Waals surface area contributed by atoms with E-state index in [0.29, 0.717) is 12.1 Å². The first-order valence-electron chi connectivity index (χ1n) is 9.44. The topological polar surface area (TPSA) is 78.4 Å². The highest BCUT2D eigenvalue weighted by Crippen LogP contribution is 2.04. The molecule has 1 aromatic heterocycles. The Kier molecular flexibility index (Phi) is 11.9. The first-order chi connectivity index (χ1) is 13.2. The van der Waals surface area contributed by atoms with Gasteiger partial charge in [-0.3, -0.25) is 14.8 Å². The number of nitrogens with one attached hydrogen (secondary N) is 3. The molecule has 0 fully saturated rings. The van der Waals surface area contributed by atoms with Crippen LogP contribution in [0.3, 0.4) is 0 Å². The molecule has 2 aromatic rings. The molecule has 1 amide bonds. The van der Waals surface area contributed by atoms with E-state index < -0.39 is 0 Å². The van der Waals surface area contributed by atoms with Gasteiger partial charge in [0.05, 0.1) is 0 Å². The normalized spacial score (nSPS) is 10.7. The molecule has 1 heterocycles. The molecule has 6 nitrogen and oxygen atoms in total. The number of pyridine rings is 1. The monoisotopic (exact) mass is 495 g/mol. The zero-order chi connectivity index (χ0) is 19.3. The van der Waals surface area contributed by atoms with E-state index in [9.17, 15) is 4.79 Å². The number of amides is 1. The van der Waals surface area contributed by atoms with Crippen LogP contribution in [0.1, 0.15) is 41.4 Å². The molecule has 2 rings (SSSR count). The fraction of sp³-hybridized carbons (Fsp3) is 0.381. The zero-order valence-corrected chi connectivity index (χ0v) is 18.9. The number of carbonyl (C=O) groups excluding carboxylic acids is 1. The number of guanidine groups is 1. The number of aliphatic imine (C=N–C) groups is 1. The molecule has 0 aliphatic carbocycles. The van der Waals surface area contributed by atoms with Crippen molar-refractivity contribution in [3.8, 4) is 0 Å². The van der Waals surface area contributed by atoms with Gasteiger partial charge in [0.25, 0.3) is 5.91 Å². The summed E-state index contributed by atoms with van der Waals surface area (Å²) in [5, 5.41) is 9.49. The van der Waals surface area contributed by atoms with Crippen molar-refractivity contribution in [3.05, 3.63) is 65.5 Å². The molecule has 0 radical (unpaired) electrons. The van der Waals surface area contributed by atoms with Crippen LogP contribution in [0.2, 0.25) is 0 Å². The van der Waals surface area contributed by atoms with Gasteiger partial charge in [-0.25, -0.2) is 0 Å². The molecule has 7 heteroatoms. The third-order valence-corrected chi connectivity index (χ3v) is 4.12. The summed E-state index contributed by atoms with van der Waals surface area (Å²) in [4.78, 5) is 20.6. The Morgan fingerprint density at radius 2 is 1.82 bits per heavy atom. The van der Waals surface area contributed by atoms with Crippen molar-refractivity contribution in [2.75, 3.05) is 20.1 Å². The van der Waals surface area contributed by atoms with Gasteiger partial charge < -0.3 is 16.0 Å². The van der Waals surface area contributed by atoms with Gasteiger partial charge in [-0.2, -0.15) is 0 Å². The number of nitrogens with zero attached hydrogens (tertiary/aromatic N) is 2. The van der Waals surface area contributed by atoms with E-state index >= 15 is 0 Å². The zero-order valence-electron chi connectivity index (χ0n) is 16.6. The van der Waals surface area contributed by atoms with Crippen molar-refractivity contribution in [1.82, 2.24) is 20.9 Å². The van der Waals surface area contributed by atoms with E-state index in [1.54, 1.807) is 13.2 Å². The SMILES string of the molecule is CCCCNC(=O)c1ccc(CNC(=NC)NCCc2ccccn2)cc1.I. The minimum Gasteiger partial charge on any atom is -0.356 e. The molecule has 0 bridgehead atoms. The largest absolute Gasteiger partial charge is 0.356 e. The van der Waals surface area contributed by atoms with Crippen molar-refractivity contribution in [2.24, 2.45) is 4.99 Å². The van der Waals surface area contributed by atoms with Crippen LogP contribution in [0.4, 0.5) is 0 Å². The lowest BCUT2D eigenvalue weighted by Gasteiger charge is -2.12. The summed E-state index contributed by atoms with van der Waals surface area (Å²) in [5.74, 6) is 0.724. The summed E-state index contributed by atoms with van der Waals surface area (Å²) in [7, 11) is 1.75. The van der Waals surface area contributed by atoms with E-state index in [1.807, 2.05) is 42.5 Å². The van der Waals surface area contributed by atoms with Gasteiger partial charge in [-0.15, -0.1) is 24.0 Å².